The number of benzene rings is 1. The first-order valence-corrected chi connectivity index (χ1v) is 9.30. The predicted molar refractivity (Wildman–Crippen MR) is 102 cm³/mol. The van der Waals surface area contributed by atoms with Crippen LogP contribution in [0.1, 0.15) is 23.2 Å². The fraction of sp³-hybridized carbons (Fsp3) is 0.450. The molecule has 1 unspecified atom stereocenters. The Labute approximate surface area is 168 Å². The molecule has 1 fully saturated rings. The molecule has 3 rings (SSSR count). The number of ether oxygens (including phenoxy) is 4. The minimum Gasteiger partial charge on any atom is -0.466 e. The van der Waals surface area contributed by atoms with E-state index in [4.69, 9.17) is 18.9 Å². The lowest BCUT2D eigenvalue weighted by Crippen LogP contribution is -2.38. The molecule has 29 heavy (non-hydrogen) atoms. The van der Waals surface area contributed by atoms with Gasteiger partial charge < -0.3 is 29.2 Å². The van der Waals surface area contributed by atoms with E-state index < -0.39 is 11.9 Å². The average Bonchev–Trinajstić information content (AvgIpc) is 3.29. The van der Waals surface area contributed by atoms with Gasteiger partial charge in [-0.2, -0.15) is 0 Å². The summed E-state index contributed by atoms with van der Waals surface area (Å²) in [6, 6.07) is 6.63. The first-order chi connectivity index (χ1) is 14.0. The van der Waals surface area contributed by atoms with E-state index in [-0.39, 0.29) is 36.6 Å². The highest BCUT2D eigenvalue weighted by molar-refractivity contribution is 6.03. The number of hydrogen-bond acceptors (Lipinski definition) is 8. The topological polar surface area (TPSA) is 103 Å². The maximum atomic E-state index is 12.3. The Balaban J connectivity index is 1.77. The van der Waals surface area contributed by atoms with Gasteiger partial charge in [0, 0.05) is 24.4 Å². The van der Waals surface area contributed by atoms with Gasteiger partial charge in [0.2, 0.25) is 0 Å². The maximum absolute atomic E-state index is 12.3. The summed E-state index contributed by atoms with van der Waals surface area (Å²) in [5.41, 5.74) is 1.17. The molecule has 0 bridgehead atoms. The Hall–Kier alpha value is -2.91. The van der Waals surface area contributed by atoms with Crippen LogP contribution in [0, 0.1) is 0 Å². The number of anilines is 1. The third-order valence-corrected chi connectivity index (χ3v) is 4.79. The lowest BCUT2D eigenvalue weighted by atomic mass is 10.1. The monoisotopic (exact) mass is 404 g/mol. The molecule has 1 N–H and O–H groups in total. The van der Waals surface area contributed by atoms with Gasteiger partial charge in [-0.15, -0.1) is 0 Å². The molecular formula is C20H24N2O7. The van der Waals surface area contributed by atoms with Crippen molar-refractivity contribution in [2.45, 2.75) is 18.9 Å². The molecule has 9 heteroatoms. The lowest BCUT2D eigenvalue weighted by molar-refractivity contribution is -0.140. The lowest BCUT2D eigenvalue weighted by Gasteiger charge is -2.31. The van der Waals surface area contributed by atoms with Gasteiger partial charge in [0.1, 0.15) is 12.4 Å². The summed E-state index contributed by atoms with van der Waals surface area (Å²) in [6.45, 7) is 1.20. The van der Waals surface area contributed by atoms with Crippen molar-refractivity contribution >= 4 is 23.5 Å². The Kier molecular flexibility index (Phi) is 6.84. The Morgan fingerprint density at radius 1 is 1.14 bits per heavy atom. The number of rotatable bonds is 6. The first-order valence-electron chi connectivity index (χ1n) is 9.30. The van der Waals surface area contributed by atoms with Crippen LogP contribution >= 0.6 is 0 Å². The van der Waals surface area contributed by atoms with Crippen LogP contribution in [-0.2, 0) is 28.5 Å². The van der Waals surface area contributed by atoms with Crippen molar-refractivity contribution in [2.75, 3.05) is 45.6 Å². The molecule has 0 aromatic heterocycles. The molecule has 156 valence electrons. The number of nitrogens with zero attached hydrogens (tertiary/aromatic N) is 1. The van der Waals surface area contributed by atoms with Crippen molar-refractivity contribution in [1.82, 2.24) is 5.32 Å². The van der Waals surface area contributed by atoms with Crippen molar-refractivity contribution in [3.8, 4) is 0 Å². The summed E-state index contributed by atoms with van der Waals surface area (Å²) >= 11 is 0. The van der Waals surface area contributed by atoms with Crippen LogP contribution in [0.5, 0.6) is 0 Å². The Bertz CT molecular complexity index is 798. The van der Waals surface area contributed by atoms with E-state index in [2.05, 4.69) is 5.32 Å². The molecule has 2 aliphatic heterocycles. The molecule has 1 aromatic carbocycles. The van der Waals surface area contributed by atoms with Gasteiger partial charge in [0.25, 0.3) is 5.91 Å². The summed E-state index contributed by atoms with van der Waals surface area (Å²) < 4.78 is 20.5. The quantitative estimate of drug-likeness (QED) is 0.700. The highest BCUT2D eigenvalue weighted by Gasteiger charge is 2.32. The molecule has 0 radical (unpaired) electrons. The maximum Gasteiger partial charge on any atom is 0.355 e. The summed E-state index contributed by atoms with van der Waals surface area (Å²) in [7, 11) is 2.46. The fourth-order valence-corrected chi connectivity index (χ4v) is 3.25. The average molecular weight is 404 g/mol. The van der Waals surface area contributed by atoms with E-state index in [0.29, 0.717) is 17.8 Å². The molecule has 0 spiro atoms. The molecule has 1 aromatic rings. The molecule has 9 nitrogen and oxygen atoms in total. The molecule has 1 amide bonds. The van der Waals surface area contributed by atoms with Crippen LogP contribution in [0.15, 0.2) is 35.5 Å². The van der Waals surface area contributed by atoms with Crippen molar-refractivity contribution in [1.29, 1.82) is 0 Å². The van der Waals surface area contributed by atoms with Gasteiger partial charge in [-0.05, 0) is 37.1 Å². The van der Waals surface area contributed by atoms with Gasteiger partial charge in [0.15, 0.2) is 0 Å². The number of nitrogens with one attached hydrogen (secondary N) is 1. The normalized spacial score (nSPS) is 19.1. The summed E-state index contributed by atoms with van der Waals surface area (Å²) in [5.74, 6) is -1.55. The number of carbonyl (C=O) groups excluding carboxylic acids is 3. The number of amides is 1. The van der Waals surface area contributed by atoms with Crippen LogP contribution in [-0.4, -0.2) is 64.7 Å². The summed E-state index contributed by atoms with van der Waals surface area (Å²) in [4.78, 5) is 38.2. The van der Waals surface area contributed by atoms with Crippen molar-refractivity contribution < 1.29 is 33.3 Å². The zero-order valence-electron chi connectivity index (χ0n) is 16.4. The zero-order chi connectivity index (χ0) is 20.8. The molecule has 1 atom stereocenters. The van der Waals surface area contributed by atoms with E-state index in [9.17, 15) is 14.4 Å². The smallest absolute Gasteiger partial charge is 0.355 e. The Morgan fingerprint density at radius 3 is 2.48 bits per heavy atom. The molecule has 0 saturated carbocycles. The molecule has 2 aliphatic rings. The standard InChI is InChI=1S/C20H24N2O7/c1-26-19(24)16-11-28-12-22(17(16)20(25)27-2)14-7-5-13(6-8-14)18(23)21-10-15-4-3-9-29-15/h5-8,15H,3-4,9-12H2,1-2H3,(H,21,23). The predicted octanol–water partition coefficient (Wildman–Crippen LogP) is 0.990. The third kappa shape index (κ3) is 4.75. The zero-order valence-corrected chi connectivity index (χ0v) is 16.4. The SMILES string of the molecule is COC(=O)C1=C(C(=O)OC)N(c2ccc(C(=O)NCC3CCCO3)cc2)COC1. The second-order valence-electron chi connectivity index (χ2n) is 6.61. The van der Waals surface area contributed by atoms with Gasteiger partial charge in [-0.1, -0.05) is 0 Å². The van der Waals surface area contributed by atoms with Crippen LogP contribution in [0.4, 0.5) is 5.69 Å². The molecule has 1 saturated heterocycles. The highest BCUT2D eigenvalue weighted by Crippen LogP contribution is 2.27. The van der Waals surface area contributed by atoms with Crippen molar-refractivity contribution in [3.05, 3.63) is 41.1 Å². The molecular weight excluding hydrogens is 380 g/mol. The van der Waals surface area contributed by atoms with Crippen LogP contribution in [0.3, 0.4) is 0 Å². The number of methoxy groups -OCH3 is 2. The van der Waals surface area contributed by atoms with E-state index in [1.54, 1.807) is 24.3 Å². The summed E-state index contributed by atoms with van der Waals surface area (Å²) in [6.07, 6.45) is 2.02. The van der Waals surface area contributed by atoms with E-state index in [1.807, 2.05) is 0 Å². The van der Waals surface area contributed by atoms with Crippen molar-refractivity contribution in [3.63, 3.8) is 0 Å². The van der Waals surface area contributed by atoms with E-state index in [1.165, 1.54) is 19.1 Å². The largest absolute Gasteiger partial charge is 0.466 e. The fourth-order valence-electron chi connectivity index (χ4n) is 3.25. The van der Waals surface area contributed by atoms with Crippen molar-refractivity contribution in [2.24, 2.45) is 0 Å². The van der Waals surface area contributed by atoms with Crippen LogP contribution in [0.25, 0.3) is 0 Å². The second-order valence-corrected chi connectivity index (χ2v) is 6.61. The van der Waals surface area contributed by atoms with Gasteiger partial charge in [0.05, 0.1) is 32.5 Å². The van der Waals surface area contributed by atoms with E-state index >= 15 is 0 Å². The number of hydrogen-bond donors (Lipinski definition) is 1. The summed E-state index contributed by atoms with van der Waals surface area (Å²) in [5, 5.41) is 2.86. The minimum atomic E-state index is -0.674. The van der Waals surface area contributed by atoms with Crippen LogP contribution < -0.4 is 10.2 Å². The highest BCUT2D eigenvalue weighted by atomic mass is 16.5. The molecule has 2 heterocycles. The van der Waals surface area contributed by atoms with Crippen LogP contribution in [0.2, 0.25) is 0 Å². The van der Waals surface area contributed by atoms with Gasteiger partial charge in [-0.3, -0.25) is 4.79 Å². The minimum absolute atomic E-state index is 0.0511. The van der Waals surface area contributed by atoms with Gasteiger partial charge >= 0.3 is 11.9 Å². The third-order valence-electron chi connectivity index (χ3n) is 4.79. The number of esters is 2. The Morgan fingerprint density at radius 2 is 1.86 bits per heavy atom. The van der Waals surface area contributed by atoms with E-state index in [0.717, 1.165) is 19.4 Å². The first kappa shape index (κ1) is 20.8. The van der Waals surface area contributed by atoms with Gasteiger partial charge in [-0.25, -0.2) is 9.59 Å². The second kappa shape index (κ2) is 9.53. The number of carbonyl (C=O) groups is 3. The molecule has 0 aliphatic carbocycles.